The Kier molecular flexibility index (Phi) is 6.99. The van der Waals surface area contributed by atoms with Gasteiger partial charge in [-0.15, -0.1) is 6.58 Å². The highest BCUT2D eigenvalue weighted by Gasteiger charge is 2.22. The van der Waals surface area contributed by atoms with E-state index in [1.165, 1.54) is 0 Å². The molecule has 0 atom stereocenters. The molecule has 0 spiro atoms. The van der Waals surface area contributed by atoms with E-state index < -0.39 is 0 Å². The zero-order valence-corrected chi connectivity index (χ0v) is 18.2. The van der Waals surface area contributed by atoms with Gasteiger partial charge < -0.3 is 9.47 Å². The summed E-state index contributed by atoms with van der Waals surface area (Å²) in [5, 5.41) is 0.883. The van der Waals surface area contributed by atoms with Gasteiger partial charge in [0.05, 0.1) is 28.2 Å². The molecule has 3 rings (SSSR count). The number of amides is 1. The first kappa shape index (κ1) is 21.4. The van der Waals surface area contributed by atoms with Crippen LogP contribution in [-0.4, -0.2) is 26.9 Å². The fourth-order valence-corrected chi connectivity index (χ4v) is 3.62. The van der Waals surface area contributed by atoms with Gasteiger partial charge in [-0.2, -0.15) is 0 Å². The number of carbonyl (C=O) groups is 1. The van der Waals surface area contributed by atoms with Crippen molar-refractivity contribution >= 4 is 40.1 Å². The predicted octanol–water partition coefficient (Wildman–Crippen LogP) is 6.22. The van der Waals surface area contributed by atoms with Crippen molar-refractivity contribution < 1.29 is 4.79 Å². The van der Waals surface area contributed by atoms with Crippen molar-refractivity contribution in [3.05, 3.63) is 76.6 Å². The molecule has 152 valence electrons. The Bertz CT molecular complexity index is 1030. The molecule has 3 aromatic rings. The van der Waals surface area contributed by atoms with Gasteiger partial charge in [0.1, 0.15) is 5.82 Å². The Hall–Kier alpha value is -2.30. The average Bonchev–Trinajstić information content (AvgIpc) is 3.04. The molecule has 1 heterocycles. The average molecular weight is 430 g/mol. The minimum absolute atomic E-state index is 0.143. The molecule has 0 saturated heterocycles. The number of hydrogen-bond donors (Lipinski definition) is 0. The van der Waals surface area contributed by atoms with Gasteiger partial charge >= 0.3 is 0 Å². The van der Waals surface area contributed by atoms with Crippen molar-refractivity contribution in [1.29, 1.82) is 0 Å². The van der Waals surface area contributed by atoms with Crippen molar-refractivity contribution in [3.63, 3.8) is 0 Å². The van der Waals surface area contributed by atoms with E-state index in [0.29, 0.717) is 41.2 Å². The van der Waals surface area contributed by atoms with Crippen LogP contribution in [0.1, 0.15) is 36.5 Å². The van der Waals surface area contributed by atoms with E-state index in [2.05, 4.69) is 25.0 Å². The van der Waals surface area contributed by atoms with Crippen molar-refractivity contribution in [3.8, 4) is 0 Å². The quantitative estimate of drug-likeness (QED) is 0.398. The van der Waals surface area contributed by atoms with Crippen LogP contribution in [0.3, 0.4) is 0 Å². The van der Waals surface area contributed by atoms with Gasteiger partial charge in [0.25, 0.3) is 5.91 Å². The molecule has 4 nitrogen and oxygen atoms in total. The minimum atomic E-state index is -0.143. The van der Waals surface area contributed by atoms with Crippen LogP contribution in [0.15, 0.2) is 55.1 Å². The van der Waals surface area contributed by atoms with Crippen LogP contribution in [0.25, 0.3) is 11.0 Å². The molecule has 0 fully saturated rings. The molecule has 0 N–H and O–H groups in total. The zero-order chi connectivity index (χ0) is 21.0. The summed E-state index contributed by atoms with van der Waals surface area (Å²) < 4.78 is 2.09. The van der Waals surface area contributed by atoms with Crippen LogP contribution in [0.2, 0.25) is 10.0 Å². The van der Waals surface area contributed by atoms with E-state index in [0.717, 1.165) is 23.3 Å². The molecule has 1 aromatic heterocycles. The highest BCUT2D eigenvalue weighted by Crippen LogP contribution is 2.24. The second-order valence-corrected chi connectivity index (χ2v) is 8.29. The van der Waals surface area contributed by atoms with Crippen LogP contribution in [-0.2, 0) is 13.1 Å². The third-order valence-corrected chi connectivity index (χ3v) is 5.36. The predicted molar refractivity (Wildman–Crippen MR) is 121 cm³/mol. The van der Waals surface area contributed by atoms with Gasteiger partial charge in [-0.3, -0.25) is 4.79 Å². The van der Waals surface area contributed by atoms with Gasteiger partial charge in [0, 0.05) is 18.1 Å². The van der Waals surface area contributed by atoms with E-state index in [4.69, 9.17) is 28.2 Å². The first-order valence-corrected chi connectivity index (χ1v) is 10.5. The van der Waals surface area contributed by atoms with Crippen LogP contribution < -0.4 is 0 Å². The smallest absolute Gasteiger partial charge is 0.255 e. The SMILES string of the molecule is C=CCn1c(CN(CCC(C)C)C(=O)c2cc(Cl)ccc2Cl)nc2ccccc21. The molecule has 0 aliphatic rings. The van der Waals surface area contributed by atoms with Crippen molar-refractivity contribution in [2.75, 3.05) is 6.54 Å². The minimum Gasteiger partial charge on any atom is -0.331 e. The van der Waals surface area contributed by atoms with Crippen molar-refractivity contribution in [1.82, 2.24) is 14.5 Å². The molecular weight excluding hydrogens is 405 g/mol. The molecule has 29 heavy (non-hydrogen) atoms. The molecule has 0 bridgehead atoms. The highest BCUT2D eigenvalue weighted by atomic mass is 35.5. The number of nitrogens with zero attached hydrogens (tertiary/aromatic N) is 3. The van der Waals surface area contributed by atoms with Gasteiger partial charge in [0.2, 0.25) is 0 Å². The number of rotatable bonds is 8. The first-order valence-electron chi connectivity index (χ1n) is 9.70. The number of aromatic nitrogens is 2. The molecule has 1 amide bonds. The number of fused-ring (bicyclic) bond motifs is 1. The van der Waals surface area contributed by atoms with E-state index in [1.807, 2.05) is 30.3 Å². The van der Waals surface area contributed by atoms with E-state index >= 15 is 0 Å². The molecule has 6 heteroatoms. The zero-order valence-electron chi connectivity index (χ0n) is 16.7. The fourth-order valence-electron chi connectivity index (χ4n) is 3.25. The maximum absolute atomic E-state index is 13.3. The number of hydrogen-bond acceptors (Lipinski definition) is 2. The Morgan fingerprint density at radius 1 is 1.24 bits per heavy atom. The second-order valence-electron chi connectivity index (χ2n) is 7.45. The summed E-state index contributed by atoms with van der Waals surface area (Å²) in [7, 11) is 0. The van der Waals surface area contributed by atoms with Crippen molar-refractivity contribution in [2.24, 2.45) is 5.92 Å². The molecule has 0 radical (unpaired) electrons. The van der Waals surface area contributed by atoms with Crippen LogP contribution >= 0.6 is 23.2 Å². The second kappa shape index (κ2) is 9.47. The summed E-state index contributed by atoms with van der Waals surface area (Å²) in [6, 6.07) is 12.9. The largest absolute Gasteiger partial charge is 0.331 e. The van der Waals surface area contributed by atoms with Crippen LogP contribution in [0.5, 0.6) is 0 Å². The monoisotopic (exact) mass is 429 g/mol. The van der Waals surface area contributed by atoms with Gasteiger partial charge in [0.15, 0.2) is 0 Å². The Morgan fingerprint density at radius 2 is 2.00 bits per heavy atom. The number of para-hydroxylation sites is 2. The lowest BCUT2D eigenvalue weighted by Gasteiger charge is -2.24. The Balaban J connectivity index is 1.98. The van der Waals surface area contributed by atoms with Crippen molar-refractivity contribution in [2.45, 2.75) is 33.4 Å². The van der Waals surface area contributed by atoms with E-state index in [9.17, 15) is 4.79 Å². The normalized spacial score (nSPS) is 11.2. The maximum atomic E-state index is 13.3. The maximum Gasteiger partial charge on any atom is 0.255 e. The Morgan fingerprint density at radius 3 is 2.72 bits per heavy atom. The molecule has 2 aromatic carbocycles. The van der Waals surface area contributed by atoms with E-state index in [1.54, 1.807) is 23.1 Å². The topological polar surface area (TPSA) is 38.1 Å². The fraction of sp³-hybridized carbons (Fsp3) is 0.304. The third kappa shape index (κ3) is 5.01. The number of benzene rings is 2. The molecule has 0 unspecified atom stereocenters. The van der Waals surface area contributed by atoms with Crippen LogP contribution in [0, 0.1) is 5.92 Å². The summed E-state index contributed by atoms with van der Waals surface area (Å²) in [6.07, 6.45) is 2.72. The van der Waals surface area contributed by atoms with Gasteiger partial charge in [-0.05, 0) is 42.7 Å². The van der Waals surface area contributed by atoms with Crippen LogP contribution in [0.4, 0.5) is 0 Å². The standard InChI is InChI=1S/C23H25Cl2N3O/c1-4-12-28-21-8-6-5-7-20(21)26-22(28)15-27(13-11-16(2)3)23(29)18-14-17(24)9-10-19(18)25/h4-10,14,16H,1,11-13,15H2,2-3H3. The lowest BCUT2D eigenvalue weighted by atomic mass is 10.1. The number of carbonyl (C=O) groups excluding carboxylic acids is 1. The molecule has 0 aliphatic carbocycles. The summed E-state index contributed by atoms with van der Waals surface area (Å²) in [5.74, 6) is 1.14. The van der Waals surface area contributed by atoms with Gasteiger partial charge in [-0.25, -0.2) is 4.98 Å². The highest BCUT2D eigenvalue weighted by molar-refractivity contribution is 6.35. The molecule has 0 saturated carbocycles. The van der Waals surface area contributed by atoms with Gasteiger partial charge in [-0.1, -0.05) is 55.3 Å². The molecule has 0 aliphatic heterocycles. The number of allylic oxidation sites excluding steroid dienone is 1. The first-order chi connectivity index (χ1) is 13.9. The number of halogens is 2. The lowest BCUT2D eigenvalue weighted by Crippen LogP contribution is -2.33. The summed E-state index contributed by atoms with van der Waals surface area (Å²) >= 11 is 12.4. The Labute approximate surface area is 181 Å². The summed E-state index contributed by atoms with van der Waals surface area (Å²) in [4.78, 5) is 19.9. The lowest BCUT2D eigenvalue weighted by molar-refractivity contribution is 0.0730. The third-order valence-electron chi connectivity index (χ3n) is 4.80. The summed E-state index contributed by atoms with van der Waals surface area (Å²) in [6.45, 7) is 9.77. The number of imidazole rings is 1. The van der Waals surface area contributed by atoms with E-state index in [-0.39, 0.29) is 5.91 Å². The summed E-state index contributed by atoms with van der Waals surface area (Å²) in [5.41, 5.74) is 2.34. The molecular formula is C23H25Cl2N3O.